The van der Waals surface area contributed by atoms with Crippen LogP contribution in [-0.2, 0) is 0 Å². The minimum Gasteiger partial charge on any atom is -0.456 e. The molecule has 0 bridgehead atoms. The van der Waals surface area contributed by atoms with Crippen molar-refractivity contribution in [3.8, 4) is 50.7 Å². The number of para-hydroxylation sites is 3. The molecule has 3 aromatic heterocycles. The van der Waals surface area contributed by atoms with Crippen molar-refractivity contribution in [1.82, 2.24) is 14.5 Å². The van der Waals surface area contributed by atoms with E-state index in [9.17, 15) is 0 Å². The smallest absolute Gasteiger partial charge is 0.161 e. The second-order valence-electron chi connectivity index (χ2n) is 12.6. The van der Waals surface area contributed by atoms with Crippen LogP contribution < -0.4 is 0 Å². The fraction of sp³-hybridized carbons (Fsp3) is 0. The minimum atomic E-state index is 0.681. The standard InChI is InChI=1S/C46H29N3O/c1-2-12-30(13-3-1)40-29-41(31-22-25-33(26-23-31)49-42-19-9-6-15-35(42)36-16-7-10-20-43(36)49)48-46(47-40)38-18-5-4-14-34(38)32-24-27-45-39(28-32)37-17-8-11-21-44(37)50-45/h1-29H. The zero-order valence-corrected chi connectivity index (χ0v) is 27.0. The van der Waals surface area contributed by atoms with Crippen molar-refractivity contribution in [3.05, 3.63) is 176 Å². The van der Waals surface area contributed by atoms with Gasteiger partial charge in [0, 0.05) is 43.9 Å². The summed E-state index contributed by atoms with van der Waals surface area (Å²) >= 11 is 0. The van der Waals surface area contributed by atoms with Crippen molar-refractivity contribution in [2.75, 3.05) is 0 Å². The third kappa shape index (κ3) is 4.61. The average Bonchev–Trinajstić information content (AvgIpc) is 3.74. The minimum absolute atomic E-state index is 0.681. The molecule has 3 heterocycles. The molecule has 4 heteroatoms. The van der Waals surface area contributed by atoms with Crippen LogP contribution in [0.1, 0.15) is 0 Å². The van der Waals surface area contributed by atoms with Gasteiger partial charge in [0.2, 0.25) is 0 Å². The van der Waals surface area contributed by atoms with E-state index in [4.69, 9.17) is 14.4 Å². The first-order valence-electron chi connectivity index (χ1n) is 16.8. The topological polar surface area (TPSA) is 43.9 Å². The van der Waals surface area contributed by atoms with Crippen molar-refractivity contribution in [1.29, 1.82) is 0 Å². The predicted octanol–water partition coefficient (Wildman–Crippen LogP) is 12.1. The van der Waals surface area contributed by atoms with Gasteiger partial charge in [0.1, 0.15) is 11.2 Å². The SMILES string of the molecule is c1ccc(-c2cc(-c3ccc(-n4c5ccccc5c5ccccc54)cc3)nc(-c3ccccc3-c3ccc4oc5ccccc5c4c3)n2)cc1. The molecule has 10 aromatic rings. The Kier molecular flexibility index (Phi) is 6.46. The Morgan fingerprint density at radius 3 is 1.64 bits per heavy atom. The summed E-state index contributed by atoms with van der Waals surface area (Å²) in [4.78, 5) is 10.4. The normalized spacial score (nSPS) is 11.6. The largest absolute Gasteiger partial charge is 0.456 e. The molecule has 0 fully saturated rings. The molecular weight excluding hydrogens is 611 g/mol. The van der Waals surface area contributed by atoms with Crippen molar-refractivity contribution in [2.24, 2.45) is 0 Å². The van der Waals surface area contributed by atoms with Crippen molar-refractivity contribution >= 4 is 43.7 Å². The van der Waals surface area contributed by atoms with E-state index in [0.29, 0.717) is 5.82 Å². The number of furan rings is 1. The average molecular weight is 640 g/mol. The van der Waals surface area contributed by atoms with E-state index >= 15 is 0 Å². The second kappa shape index (κ2) is 11.4. The van der Waals surface area contributed by atoms with Crippen molar-refractivity contribution in [2.45, 2.75) is 0 Å². The van der Waals surface area contributed by atoms with Gasteiger partial charge in [-0.1, -0.05) is 127 Å². The predicted molar refractivity (Wildman–Crippen MR) is 205 cm³/mol. The van der Waals surface area contributed by atoms with Crippen LogP contribution in [0.4, 0.5) is 0 Å². The zero-order chi connectivity index (χ0) is 33.0. The number of nitrogens with zero attached hydrogens (tertiary/aromatic N) is 3. The van der Waals surface area contributed by atoms with E-state index in [-0.39, 0.29) is 0 Å². The molecule has 0 aliphatic carbocycles. The molecule has 0 N–H and O–H groups in total. The Hall–Kier alpha value is -6.78. The molecule has 4 nitrogen and oxygen atoms in total. The maximum absolute atomic E-state index is 6.14. The van der Waals surface area contributed by atoms with Crippen LogP contribution in [0.15, 0.2) is 180 Å². The molecule has 0 spiro atoms. The lowest BCUT2D eigenvalue weighted by Gasteiger charge is -2.13. The lowest BCUT2D eigenvalue weighted by molar-refractivity contribution is 0.669. The number of hydrogen-bond acceptors (Lipinski definition) is 3. The Morgan fingerprint density at radius 2 is 0.920 bits per heavy atom. The Labute approximate surface area is 288 Å². The van der Waals surface area contributed by atoms with Gasteiger partial charge < -0.3 is 8.98 Å². The number of fused-ring (bicyclic) bond motifs is 6. The van der Waals surface area contributed by atoms with E-state index < -0.39 is 0 Å². The van der Waals surface area contributed by atoms with Crippen LogP contribution in [0.25, 0.3) is 94.5 Å². The van der Waals surface area contributed by atoms with Crippen molar-refractivity contribution in [3.63, 3.8) is 0 Å². The van der Waals surface area contributed by atoms with Crippen LogP contribution in [-0.4, -0.2) is 14.5 Å². The highest BCUT2D eigenvalue weighted by atomic mass is 16.3. The summed E-state index contributed by atoms with van der Waals surface area (Å²) in [5.74, 6) is 0.681. The third-order valence-electron chi connectivity index (χ3n) is 9.65. The second-order valence-corrected chi connectivity index (χ2v) is 12.6. The van der Waals surface area contributed by atoms with Crippen LogP contribution >= 0.6 is 0 Å². The first-order chi connectivity index (χ1) is 24.8. The molecular formula is C46H29N3O. The molecule has 0 amide bonds. The number of benzene rings is 7. The maximum atomic E-state index is 6.14. The van der Waals surface area contributed by atoms with Crippen LogP contribution in [0, 0.1) is 0 Å². The first kappa shape index (κ1) is 28.3. The molecule has 234 valence electrons. The Balaban J connectivity index is 1.12. The van der Waals surface area contributed by atoms with Crippen LogP contribution in [0.5, 0.6) is 0 Å². The van der Waals surface area contributed by atoms with Crippen LogP contribution in [0.2, 0.25) is 0 Å². The Morgan fingerprint density at radius 1 is 0.380 bits per heavy atom. The van der Waals surface area contributed by atoms with Gasteiger partial charge in [-0.2, -0.15) is 0 Å². The number of rotatable bonds is 5. The summed E-state index contributed by atoms with van der Waals surface area (Å²) < 4.78 is 8.47. The van der Waals surface area contributed by atoms with E-state index in [1.807, 2.05) is 18.2 Å². The monoisotopic (exact) mass is 639 g/mol. The van der Waals surface area contributed by atoms with Gasteiger partial charge in [-0.05, 0) is 59.7 Å². The van der Waals surface area contributed by atoms with Gasteiger partial charge in [0.25, 0.3) is 0 Å². The number of hydrogen-bond donors (Lipinski definition) is 0. The molecule has 0 saturated carbocycles. The van der Waals surface area contributed by atoms with Crippen LogP contribution in [0.3, 0.4) is 0 Å². The quantitative estimate of drug-likeness (QED) is 0.188. The molecule has 0 unspecified atom stereocenters. The molecule has 0 atom stereocenters. The van der Waals surface area contributed by atoms with E-state index in [0.717, 1.165) is 66.8 Å². The summed E-state index contributed by atoms with van der Waals surface area (Å²) in [6.07, 6.45) is 0. The van der Waals surface area contributed by atoms with Gasteiger partial charge in [-0.25, -0.2) is 9.97 Å². The molecule has 0 saturated heterocycles. The van der Waals surface area contributed by atoms with Gasteiger partial charge in [0.15, 0.2) is 5.82 Å². The first-order valence-corrected chi connectivity index (χ1v) is 16.8. The molecule has 0 aliphatic rings. The summed E-state index contributed by atoms with van der Waals surface area (Å²) in [5.41, 5.74) is 12.2. The lowest BCUT2D eigenvalue weighted by atomic mass is 9.97. The molecule has 50 heavy (non-hydrogen) atoms. The lowest BCUT2D eigenvalue weighted by Crippen LogP contribution is -1.98. The highest BCUT2D eigenvalue weighted by Crippen LogP contribution is 2.38. The highest BCUT2D eigenvalue weighted by Gasteiger charge is 2.17. The summed E-state index contributed by atoms with van der Waals surface area (Å²) in [6, 6.07) is 61.4. The molecule has 0 aliphatic heterocycles. The van der Waals surface area contributed by atoms with Gasteiger partial charge in [-0.3, -0.25) is 0 Å². The van der Waals surface area contributed by atoms with Crippen molar-refractivity contribution < 1.29 is 4.42 Å². The summed E-state index contributed by atoms with van der Waals surface area (Å²) in [5, 5.41) is 4.70. The van der Waals surface area contributed by atoms with E-state index in [1.54, 1.807) is 0 Å². The van der Waals surface area contributed by atoms with Gasteiger partial charge >= 0.3 is 0 Å². The fourth-order valence-electron chi connectivity index (χ4n) is 7.28. The maximum Gasteiger partial charge on any atom is 0.161 e. The molecule has 10 rings (SSSR count). The van der Waals surface area contributed by atoms with E-state index in [1.165, 1.54) is 21.8 Å². The molecule has 0 radical (unpaired) electrons. The molecule has 7 aromatic carbocycles. The van der Waals surface area contributed by atoms with E-state index in [2.05, 4.69) is 162 Å². The summed E-state index contributed by atoms with van der Waals surface area (Å²) in [7, 11) is 0. The van der Waals surface area contributed by atoms with Gasteiger partial charge in [-0.15, -0.1) is 0 Å². The third-order valence-corrected chi connectivity index (χ3v) is 9.65. The highest BCUT2D eigenvalue weighted by molar-refractivity contribution is 6.09. The zero-order valence-electron chi connectivity index (χ0n) is 27.0. The fourth-order valence-corrected chi connectivity index (χ4v) is 7.28. The Bertz CT molecular complexity index is 2810. The van der Waals surface area contributed by atoms with Gasteiger partial charge in [0.05, 0.1) is 22.4 Å². The summed E-state index contributed by atoms with van der Waals surface area (Å²) in [6.45, 7) is 0. The number of aromatic nitrogens is 3.